The van der Waals surface area contributed by atoms with Gasteiger partial charge in [0.15, 0.2) is 0 Å². The molecule has 2 amide bonds. The summed E-state index contributed by atoms with van der Waals surface area (Å²) in [7, 11) is 0. The quantitative estimate of drug-likeness (QED) is 0.887. The average Bonchev–Trinajstić information content (AvgIpc) is 2.71. The van der Waals surface area contributed by atoms with Crippen LogP contribution >= 0.6 is 0 Å². The lowest BCUT2D eigenvalue weighted by atomic mass is 10.1. The number of carbonyl (C=O) groups is 1. The minimum absolute atomic E-state index is 0.210. The summed E-state index contributed by atoms with van der Waals surface area (Å²) in [6.45, 7) is 4.32. The monoisotopic (exact) mass is 259 g/mol. The van der Waals surface area contributed by atoms with Gasteiger partial charge >= 0.3 is 6.03 Å². The maximum absolute atomic E-state index is 11.6. The predicted octanol–water partition coefficient (Wildman–Crippen LogP) is 2.66. The van der Waals surface area contributed by atoms with E-state index in [0.29, 0.717) is 13.0 Å². The number of rotatable bonds is 4. The molecular weight excluding hydrogens is 242 g/mol. The van der Waals surface area contributed by atoms with Gasteiger partial charge in [0.2, 0.25) is 0 Å². The van der Waals surface area contributed by atoms with Crippen molar-refractivity contribution < 1.29 is 9.32 Å². The second-order valence-electron chi connectivity index (χ2n) is 4.30. The Balaban J connectivity index is 1.79. The van der Waals surface area contributed by atoms with Crippen molar-refractivity contribution in [2.45, 2.75) is 20.3 Å². The summed E-state index contributed by atoms with van der Waals surface area (Å²) in [5.74, 6) is 0.808. The molecule has 1 heterocycles. The van der Waals surface area contributed by atoms with Crippen LogP contribution in [0.25, 0.3) is 0 Å². The number of aromatic nitrogens is 1. The van der Waals surface area contributed by atoms with E-state index in [9.17, 15) is 4.79 Å². The first-order valence-electron chi connectivity index (χ1n) is 6.18. The molecule has 2 rings (SSSR count). The van der Waals surface area contributed by atoms with Crippen molar-refractivity contribution in [1.29, 1.82) is 0 Å². The zero-order chi connectivity index (χ0) is 13.7. The second kappa shape index (κ2) is 6.04. The Morgan fingerprint density at radius 1 is 1.26 bits per heavy atom. The van der Waals surface area contributed by atoms with E-state index in [2.05, 4.69) is 15.8 Å². The van der Waals surface area contributed by atoms with Gasteiger partial charge in [-0.3, -0.25) is 0 Å². The minimum Gasteiger partial charge on any atom is -0.361 e. The van der Waals surface area contributed by atoms with Crippen molar-refractivity contribution in [3.63, 3.8) is 0 Å². The number of para-hydroxylation sites is 1. The molecule has 0 aliphatic carbocycles. The Morgan fingerprint density at radius 3 is 2.63 bits per heavy atom. The van der Waals surface area contributed by atoms with E-state index >= 15 is 0 Å². The van der Waals surface area contributed by atoms with E-state index in [1.165, 1.54) is 0 Å². The van der Waals surface area contributed by atoms with Crippen LogP contribution in [0.3, 0.4) is 0 Å². The van der Waals surface area contributed by atoms with Gasteiger partial charge in [0, 0.05) is 17.8 Å². The molecule has 0 aliphatic heterocycles. The van der Waals surface area contributed by atoms with Gasteiger partial charge in [0.05, 0.1) is 5.69 Å². The topological polar surface area (TPSA) is 67.2 Å². The third kappa shape index (κ3) is 3.58. The second-order valence-corrected chi connectivity index (χ2v) is 4.30. The predicted molar refractivity (Wildman–Crippen MR) is 73.1 cm³/mol. The van der Waals surface area contributed by atoms with Gasteiger partial charge in [-0.2, -0.15) is 0 Å². The van der Waals surface area contributed by atoms with Crippen LogP contribution in [0.4, 0.5) is 10.5 Å². The maximum Gasteiger partial charge on any atom is 0.319 e. The van der Waals surface area contributed by atoms with Crippen molar-refractivity contribution in [1.82, 2.24) is 10.5 Å². The maximum atomic E-state index is 11.6. The van der Waals surface area contributed by atoms with E-state index in [1.54, 1.807) is 0 Å². The first-order valence-corrected chi connectivity index (χ1v) is 6.18. The van der Waals surface area contributed by atoms with Gasteiger partial charge in [0.1, 0.15) is 5.76 Å². The molecule has 0 fully saturated rings. The van der Waals surface area contributed by atoms with Crippen LogP contribution in [0, 0.1) is 13.8 Å². The Kier molecular flexibility index (Phi) is 4.18. The lowest BCUT2D eigenvalue weighted by molar-refractivity contribution is 0.252. The van der Waals surface area contributed by atoms with Crippen LogP contribution in [-0.4, -0.2) is 17.7 Å². The van der Waals surface area contributed by atoms with Gasteiger partial charge in [0.25, 0.3) is 0 Å². The van der Waals surface area contributed by atoms with Crippen molar-refractivity contribution >= 4 is 11.7 Å². The first-order chi connectivity index (χ1) is 9.16. The molecule has 5 heteroatoms. The van der Waals surface area contributed by atoms with Crippen molar-refractivity contribution in [3.8, 4) is 0 Å². The van der Waals surface area contributed by atoms with Crippen LogP contribution in [0.15, 0.2) is 34.9 Å². The average molecular weight is 259 g/mol. The van der Waals surface area contributed by atoms with Gasteiger partial charge in [-0.15, -0.1) is 0 Å². The third-order valence-corrected chi connectivity index (χ3v) is 2.87. The number of hydrogen-bond donors (Lipinski definition) is 2. The first kappa shape index (κ1) is 13.1. The molecule has 2 aromatic rings. The highest BCUT2D eigenvalue weighted by Crippen LogP contribution is 2.12. The number of aryl methyl sites for hydroxylation is 2. The van der Waals surface area contributed by atoms with E-state index < -0.39 is 0 Å². The number of urea groups is 1. The van der Waals surface area contributed by atoms with Gasteiger partial charge < -0.3 is 15.2 Å². The van der Waals surface area contributed by atoms with Crippen LogP contribution in [0.1, 0.15) is 17.0 Å². The normalized spacial score (nSPS) is 10.2. The van der Waals surface area contributed by atoms with Crippen LogP contribution in [0.5, 0.6) is 0 Å². The Bertz CT molecular complexity index is 530. The molecule has 5 nitrogen and oxygen atoms in total. The lowest BCUT2D eigenvalue weighted by Gasteiger charge is -2.07. The fraction of sp³-hybridized carbons (Fsp3) is 0.286. The summed E-state index contributed by atoms with van der Waals surface area (Å²) in [4.78, 5) is 11.6. The number of hydrogen-bond acceptors (Lipinski definition) is 3. The molecule has 100 valence electrons. The van der Waals surface area contributed by atoms with E-state index in [0.717, 1.165) is 22.7 Å². The Hall–Kier alpha value is -2.30. The smallest absolute Gasteiger partial charge is 0.319 e. The molecule has 0 saturated carbocycles. The summed E-state index contributed by atoms with van der Waals surface area (Å²) >= 11 is 0. The highest BCUT2D eigenvalue weighted by Gasteiger charge is 2.09. The van der Waals surface area contributed by atoms with Crippen LogP contribution < -0.4 is 10.6 Å². The molecule has 0 bridgehead atoms. The third-order valence-electron chi connectivity index (χ3n) is 2.87. The van der Waals surface area contributed by atoms with Crippen LogP contribution in [0.2, 0.25) is 0 Å². The van der Waals surface area contributed by atoms with Gasteiger partial charge in [-0.1, -0.05) is 23.4 Å². The summed E-state index contributed by atoms with van der Waals surface area (Å²) in [6.07, 6.45) is 0.712. The standard InChI is InChI=1S/C14H17N3O2/c1-10-13(11(2)19-17-10)8-9-15-14(18)16-12-6-4-3-5-7-12/h3-7H,8-9H2,1-2H3,(H2,15,16,18). The fourth-order valence-corrected chi connectivity index (χ4v) is 1.86. The number of anilines is 1. The summed E-state index contributed by atoms with van der Waals surface area (Å²) in [6, 6.07) is 9.12. The molecule has 1 aromatic heterocycles. The Labute approximate surface area is 112 Å². The number of nitrogens with one attached hydrogen (secondary N) is 2. The van der Waals surface area contributed by atoms with Crippen molar-refractivity contribution in [2.75, 3.05) is 11.9 Å². The van der Waals surface area contributed by atoms with E-state index in [-0.39, 0.29) is 6.03 Å². The highest BCUT2D eigenvalue weighted by molar-refractivity contribution is 5.89. The van der Waals surface area contributed by atoms with Gasteiger partial charge in [-0.05, 0) is 32.4 Å². The molecule has 2 N–H and O–H groups in total. The van der Waals surface area contributed by atoms with Crippen molar-refractivity contribution in [3.05, 3.63) is 47.3 Å². The zero-order valence-electron chi connectivity index (χ0n) is 11.1. The number of nitrogens with zero attached hydrogens (tertiary/aromatic N) is 1. The SMILES string of the molecule is Cc1noc(C)c1CCNC(=O)Nc1ccccc1. The number of amides is 2. The minimum atomic E-state index is -0.210. The summed E-state index contributed by atoms with van der Waals surface area (Å²) in [5.41, 5.74) is 2.71. The molecule has 0 radical (unpaired) electrons. The van der Waals surface area contributed by atoms with Crippen LogP contribution in [-0.2, 0) is 6.42 Å². The molecule has 19 heavy (non-hydrogen) atoms. The van der Waals surface area contributed by atoms with E-state index in [1.807, 2.05) is 44.2 Å². The van der Waals surface area contributed by atoms with Gasteiger partial charge in [-0.25, -0.2) is 4.79 Å². The lowest BCUT2D eigenvalue weighted by Crippen LogP contribution is -2.30. The van der Waals surface area contributed by atoms with E-state index in [4.69, 9.17) is 4.52 Å². The molecule has 0 aliphatic rings. The highest BCUT2D eigenvalue weighted by atomic mass is 16.5. The molecule has 0 saturated heterocycles. The summed E-state index contributed by atoms with van der Waals surface area (Å²) < 4.78 is 5.07. The zero-order valence-corrected chi connectivity index (χ0v) is 11.1. The fourth-order valence-electron chi connectivity index (χ4n) is 1.86. The molecule has 0 atom stereocenters. The summed E-state index contributed by atoms with van der Waals surface area (Å²) in [5, 5.41) is 9.44. The number of carbonyl (C=O) groups excluding carboxylic acids is 1. The largest absolute Gasteiger partial charge is 0.361 e. The number of benzene rings is 1. The Morgan fingerprint density at radius 2 is 2.00 bits per heavy atom. The molecule has 0 spiro atoms. The van der Waals surface area contributed by atoms with Crippen molar-refractivity contribution in [2.24, 2.45) is 0 Å². The molecule has 1 aromatic carbocycles. The molecule has 0 unspecified atom stereocenters. The molecular formula is C14H17N3O2.